The van der Waals surface area contributed by atoms with Crippen molar-refractivity contribution in [2.45, 2.75) is 68.2 Å². The molecule has 1 saturated heterocycles. The third-order valence-electron chi connectivity index (χ3n) is 6.10. The van der Waals surface area contributed by atoms with Crippen LogP contribution in [0.25, 0.3) is 0 Å². The average Bonchev–Trinajstić information content (AvgIpc) is 3.11. The summed E-state index contributed by atoms with van der Waals surface area (Å²) in [4.78, 5) is 28.4. The summed E-state index contributed by atoms with van der Waals surface area (Å²) in [7, 11) is 3.10. The number of nitrogens with zero attached hydrogens (tertiary/aromatic N) is 1. The topological polar surface area (TPSA) is 67.9 Å². The fourth-order valence-electron chi connectivity index (χ4n) is 4.78. The Morgan fingerprint density at radius 2 is 1.89 bits per heavy atom. The summed E-state index contributed by atoms with van der Waals surface area (Å²) in [6.07, 6.45) is 5.59. The number of hydrogen-bond donors (Lipinski definition) is 1. The number of amides is 2. The molecule has 6 nitrogen and oxygen atoms in total. The van der Waals surface area contributed by atoms with E-state index in [1.807, 2.05) is 12.1 Å². The zero-order valence-electron chi connectivity index (χ0n) is 16.9. The number of methoxy groups -OCH3 is 2. The number of hydrogen-bond acceptors (Lipinski definition) is 5. The molecule has 152 valence electrons. The largest absolute Gasteiger partial charge is 0.493 e. The van der Waals surface area contributed by atoms with E-state index in [-0.39, 0.29) is 28.0 Å². The molecule has 28 heavy (non-hydrogen) atoms. The summed E-state index contributed by atoms with van der Waals surface area (Å²) < 4.78 is 10.5. The first-order chi connectivity index (χ1) is 13.4. The molecule has 1 aliphatic carbocycles. The summed E-state index contributed by atoms with van der Waals surface area (Å²) in [5, 5.41) is 3.04. The van der Waals surface area contributed by atoms with Crippen molar-refractivity contribution < 1.29 is 19.1 Å². The van der Waals surface area contributed by atoms with Gasteiger partial charge in [-0.1, -0.05) is 25.3 Å². The van der Waals surface area contributed by atoms with Crippen molar-refractivity contribution in [2.75, 3.05) is 14.2 Å². The van der Waals surface area contributed by atoms with Gasteiger partial charge in [0, 0.05) is 16.4 Å². The standard InChI is InChI=1S/C21H28N2O4S/c1-21(2)17(18(24)22-12-8-6-5-7-9-12)23-19(25)15-13(20(23)28-21)10-11-14(26-3)16(15)27-4/h10-12,17,20H,5-9H2,1-4H3,(H,22,24)/t17-,20-/m0/s1. The number of carbonyl (C=O) groups is 2. The minimum absolute atomic E-state index is 0.0426. The van der Waals surface area contributed by atoms with Crippen molar-refractivity contribution >= 4 is 23.6 Å². The zero-order valence-corrected chi connectivity index (χ0v) is 17.7. The third-order valence-corrected chi connectivity index (χ3v) is 7.63. The highest BCUT2D eigenvalue weighted by molar-refractivity contribution is 8.01. The predicted octanol–water partition coefficient (Wildman–Crippen LogP) is 3.50. The molecule has 0 spiro atoms. The van der Waals surface area contributed by atoms with Gasteiger partial charge in [0.1, 0.15) is 11.4 Å². The molecule has 2 heterocycles. The molecular weight excluding hydrogens is 376 g/mol. The molecule has 2 amide bonds. The maximum absolute atomic E-state index is 13.4. The van der Waals surface area contributed by atoms with E-state index in [4.69, 9.17) is 9.47 Å². The smallest absolute Gasteiger partial charge is 0.260 e. The van der Waals surface area contributed by atoms with Gasteiger partial charge in [0.2, 0.25) is 5.91 Å². The molecule has 0 bridgehead atoms. The van der Waals surface area contributed by atoms with Crippen molar-refractivity contribution in [2.24, 2.45) is 0 Å². The van der Waals surface area contributed by atoms with Gasteiger partial charge in [-0.15, -0.1) is 11.8 Å². The van der Waals surface area contributed by atoms with Gasteiger partial charge in [-0.25, -0.2) is 0 Å². The van der Waals surface area contributed by atoms with Crippen molar-refractivity contribution in [3.63, 3.8) is 0 Å². The van der Waals surface area contributed by atoms with Crippen LogP contribution in [0.1, 0.15) is 67.2 Å². The maximum Gasteiger partial charge on any atom is 0.260 e. The molecule has 1 aromatic carbocycles. The van der Waals surface area contributed by atoms with Gasteiger partial charge in [0.05, 0.1) is 19.8 Å². The molecule has 1 N–H and O–H groups in total. The normalized spacial score (nSPS) is 26.0. The number of nitrogens with one attached hydrogen (secondary N) is 1. The minimum Gasteiger partial charge on any atom is -0.493 e. The van der Waals surface area contributed by atoms with Crippen LogP contribution in [0, 0.1) is 0 Å². The number of carbonyl (C=O) groups excluding carboxylic acids is 2. The number of ether oxygens (including phenoxy) is 2. The van der Waals surface area contributed by atoms with Gasteiger partial charge < -0.3 is 19.7 Å². The molecule has 4 rings (SSSR count). The van der Waals surface area contributed by atoms with E-state index in [1.54, 1.807) is 30.9 Å². The summed E-state index contributed by atoms with van der Waals surface area (Å²) in [5.41, 5.74) is 1.42. The van der Waals surface area contributed by atoms with Gasteiger partial charge in [-0.3, -0.25) is 9.59 Å². The summed E-state index contributed by atoms with van der Waals surface area (Å²) >= 11 is 1.66. The molecule has 0 unspecified atom stereocenters. The summed E-state index contributed by atoms with van der Waals surface area (Å²) in [6.45, 7) is 4.10. The Bertz CT molecular complexity index is 804. The Hall–Kier alpha value is -1.89. The lowest BCUT2D eigenvalue weighted by atomic mass is 9.94. The van der Waals surface area contributed by atoms with Crippen LogP contribution in [0.4, 0.5) is 0 Å². The molecule has 1 saturated carbocycles. The van der Waals surface area contributed by atoms with Crippen LogP contribution in [0.5, 0.6) is 11.5 Å². The molecule has 0 aromatic heterocycles. The van der Waals surface area contributed by atoms with E-state index in [0.717, 1.165) is 31.2 Å². The highest BCUT2D eigenvalue weighted by atomic mass is 32.2. The second-order valence-electron chi connectivity index (χ2n) is 8.30. The van der Waals surface area contributed by atoms with Crippen LogP contribution in [0.2, 0.25) is 0 Å². The minimum atomic E-state index is -0.514. The van der Waals surface area contributed by atoms with Crippen molar-refractivity contribution in [3.05, 3.63) is 23.3 Å². The number of thioether (sulfide) groups is 1. The van der Waals surface area contributed by atoms with Crippen LogP contribution in [0.3, 0.4) is 0 Å². The van der Waals surface area contributed by atoms with Gasteiger partial charge >= 0.3 is 0 Å². The van der Waals surface area contributed by atoms with E-state index in [0.29, 0.717) is 17.1 Å². The third kappa shape index (κ3) is 2.95. The highest BCUT2D eigenvalue weighted by Crippen LogP contribution is 2.58. The van der Waals surface area contributed by atoms with Crippen molar-refractivity contribution in [3.8, 4) is 11.5 Å². The van der Waals surface area contributed by atoms with E-state index in [2.05, 4.69) is 19.2 Å². The fourth-order valence-corrected chi connectivity index (χ4v) is 6.36. The lowest BCUT2D eigenvalue weighted by Gasteiger charge is -2.32. The lowest BCUT2D eigenvalue weighted by Crippen LogP contribution is -2.54. The monoisotopic (exact) mass is 404 g/mol. The Balaban J connectivity index is 1.67. The summed E-state index contributed by atoms with van der Waals surface area (Å²) in [5.74, 6) is 0.782. The number of benzene rings is 1. The molecule has 3 aliphatic rings. The lowest BCUT2D eigenvalue weighted by molar-refractivity contribution is -0.127. The van der Waals surface area contributed by atoms with E-state index >= 15 is 0 Å². The van der Waals surface area contributed by atoms with Crippen molar-refractivity contribution in [1.29, 1.82) is 0 Å². The Labute approximate surface area is 170 Å². The molecule has 7 heteroatoms. The van der Waals surface area contributed by atoms with Crippen LogP contribution in [-0.4, -0.2) is 47.8 Å². The molecule has 2 aliphatic heterocycles. The van der Waals surface area contributed by atoms with Gasteiger partial charge in [0.25, 0.3) is 5.91 Å². The van der Waals surface area contributed by atoms with E-state index in [9.17, 15) is 9.59 Å². The SMILES string of the molecule is COc1ccc2c(c1OC)C(=O)N1[C@@H](C(=O)NC3CCCCC3)C(C)(C)S[C@@H]21. The van der Waals surface area contributed by atoms with Crippen LogP contribution in [0.15, 0.2) is 12.1 Å². The fraction of sp³-hybridized carbons (Fsp3) is 0.619. The Morgan fingerprint density at radius 1 is 1.18 bits per heavy atom. The summed E-state index contributed by atoms with van der Waals surface area (Å²) in [6, 6.07) is 3.46. The van der Waals surface area contributed by atoms with E-state index < -0.39 is 6.04 Å². The average molecular weight is 405 g/mol. The quantitative estimate of drug-likeness (QED) is 0.832. The number of rotatable bonds is 4. The molecule has 0 radical (unpaired) electrons. The molecule has 1 aromatic rings. The second-order valence-corrected chi connectivity index (χ2v) is 10.0. The number of fused-ring (bicyclic) bond motifs is 3. The van der Waals surface area contributed by atoms with Crippen molar-refractivity contribution in [1.82, 2.24) is 10.2 Å². The Morgan fingerprint density at radius 3 is 2.54 bits per heavy atom. The first kappa shape index (κ1) is 19.4. The molecule has 2 fully saturated rings. The first-order valence-electron chi connectivity index (χ1n) is 9.94. The van der Waals surface area contributed by atoms with E-state index in [1.165, 1.54) is 6.42 Å². The molecule has 2 atom stereocenters. The first-order valence-corrected chi connectivity index (χ1v) is 10.8. The van der Waals surface area contributed by atoms with Gasteiger partial charge in [0.15, 0.2) is 11.5 Å². The van der Waals surface area contributed by atoms with Crippen LogP contribution in [-0.2, 0) is 4.79 Å². The Kier molecular flexibility index (Phi) is 4.98. The zero-order chi connectivity index (χ0) is 20.1. The second kappa shape index (κ2) is 7.17. The predicted molar refractivity (Wildman–Crippen MR) is 109 cm³/mol. The maximum atomic E-state index is 13.4. The van der Waals surface area contributed by atoms with Crippen LogP contribution < -0.4 is 14.8 Å². The van der Waals surface area contributed by atoms with Crippen LogP contribution >= 0.6 is 11.8 Å². The van der Waals surface area contributed by atoms with Gasteiger partial charge in [-0.05, 0) is 32.8 Å². The molecular formula is C21H28N2O4S. The van der Waals surface area contributed by atoms with Gasteiger partial charge in [-0.2, -0.15) is 0 Å². The highest BCUT2D eigenvalue weighted by Gasteiger charge is 2.58.